The van der Waals surface area contributed by atoms with Gasteiger partial charge < -0.3 is 20.3 Å². The van der Waals surface area contributed by atoms with E-state index >= 15 is 0 Å². The number of hydrogen-bond acceptors (Lipinski definition) is 5. The van der Waals surface area contributed by atoms with Crippen molar-refractivity contribution >= 4 is 17.5 Å². The van der Waals surface area contributed by atoms with Crippen molar-refractivity contribution < 1.29 is 18.3 Å². The van der Waals surface area contributed by atoms with Crippen molar-refractivity contribution in [3.05, 3.63) is 23.8 Å². The average Bonchev–Trinajstić information content (AvgIpc) is 2.66. The minimum absolute atomic E-state index is 0.0159. The third-order valence-corrected chi connectivity index (χ3v) is 6.12. The fourth-order valence-electron chi connectivity index (χ4n) is 4.43. The third kappa shape index (κ3) is 5.33. The lowest BCUT2D eigenvalue weighted by Crippen LogP contribution is -2.53. The van der Waals surface area contributed by atoms with Crippen molar-refractivity contribution in [3.63, 3.8) is 0 Å². The molecule has 0 aromatic heterocycles. The molecule has 0 radical (unpaired) electrons. The predicted molar refractivity (Wildman–Crippen MR) is 115 cm³/mol. The molecule has 6 nitrogen and oxygen atoms in total. The highest BCUT2D eigenvalue weighted by Crippen LogP contribution is 2.29. The van der Waals surface area contributed by atoms with Gasteiger partial charge in [-0.25, -0.2) is 13.6 Å². The molecular formula is C22H34F2N4O2. The Hall–Kier alpha value is -2.09. The van der Waals surface area contributed by atoms with Gasteiger partial charge in [-0.1, -0.05) is 0 Å². The molecule has 0 aliphatic carbocycles. The van der Waals surface area contributed by atoms with Crippen LogP contribution in [0.4, 0.5) is 25.0 Å². The van der Waals surface area contributed by atoms with Crippen LogP contribution in [0.5, 0.6) is 0 Å². The van der Waals surface area contributed by atoms with Crippen LogP contribution in [0, 0.1) is 17.6 Å². The van der Waals surface area contributed by atoms with Gasteiger partial charge in [-0.2, -0.15) is 0 Å². The van der Waals surface area contributed by atoms with Gasteiger partial charge in [-0.15, -0.1) is 0 Å². The molecule has 30 heavy (non-hydrogen) atoms. The van der Waals surface area contributed by atoms with Gasteiger partial charge in [0.05, 0.1) is 0 Å². The van der Waals surface area contributed by atoms with E-state index in [0.717, 1.165) is 25.9 Å². The molecule has 1 amide bonds. The van der Waals surface area contributed by atoms with Crippen LogP contribution >= 0.6 is 0 Å². The van der Waals surface area contributed by atoms with E-state index in [0.29, 0.717) is 38.1 Å². The number of nitrogens with two attached hydrogens (primary N) is 1. The Labute approximate surface area is 177 Å². The average molecular weight is 425 g/mol. The smallest absolute Gasteiger partial charge is 0.410 e. The quantitative estimate of drug-likeness (QED) is 0.750. The van der Waals surface area contributed by atoms with Gasteiger partial charge in [0.25, 0.3) is 0 Å². The fourth-order valence-corrected chi connectivity index (χ4v) is 4.43. The zero-order chi connectivity index (χ0) is 22.1. The molecule has 0 unspecified atom stereocenters. The summed E-state index contributed by atoms with van der Waals surface area (Å²) in [4.78, 5) is 18.2. The summed E-state index contributed by atoms with van der Waals surface area (Å²) >= 11 is 0. The molecule has 1 atom stereocenters. The maximum atomic E-state index is 14.2. The van der Waals surface area contributed by atoms with Crippen LogP contribution in [0.15, 0.2) is 12.1 Å². The summed E-state index contributed by atoms with van der Waals surface area (Å²) in [6, 6.07) is 2.70. The van der Waals surface area contributed by atoms with Crippen molar-refractivity contribution in [2.75, 3.05) is 49.9 Å². The molecular weight excluding hydrogens is 390 g/mol. The topological polar surface area (TPSA) is 62.0 Å². The number of halogens is 2. The maximum absolute atomic E-state index is 14.2. The first kappa shape index (κ1) is 22.6. The first-order valence-corrected chi connectivity index (χ1v) is 10.8. The number of anilines is 2. The van der Waals surface area contributed by atoms with Gasteiger partial charge in [0.15, 0.2) is 11.6 Å². The van der Waals surface area contributed by atoms with E-state index in [1.807, 2.05) is 20.8 Å². The summed E-state index contributed by atoms with van der Waals surface area (Å²) < 4.78 is 33.9. The Morgan fingerprint density at radius 3 is 2.10 bits per heavy atom. The second-order valence-electron chi connectivity index (χ2n) is 9.40. The SMILES string of the molecule is C[C@@H](C1CCN(C(=O)OC(C)(C)C)CC1)N1CCN(c2c(F)cc(N)cc2F)CC1. The normalized spacial score (nSPS) is 20.3. The van der Waals surface area contributed by atoms with Crippen LogP contribution in [-0.4, -0.2) is 66.8 Å². The number of hydrogen-bond donors (Lipinski definition) is 1. The monoisotopic (exact) mass is 424 g/mol. The zero-order valence-electron chi connectivity index (χ0n) is 18.5. The predicted octanol–water partition coefficient (Wildman–Crippen LogP) is 3.70. The first-order valence-electron chi connectivity index (χ1n) is 10.8. The number of piperidine rings is 1. The Balaban J connectivity index is 1.51. The number of piperazine rings is 1. The van der Waals surface area contributed by atoms with Gasteiger partial charge in [0.2, 0.25) is 0 Å². The van der Waals surface area contributed by atoms with Crippen molar-refractivity contribution in [3.8, 4) is 0 Å². The van der Waals surface area contributed by atoms with E-state index in [1.165, 1.54) is 12.1 Å². The highest BCUT2D eigenvalue weighted by Gasteiger charge is 2.33. The molecule has 2 heterocycles. The Kier molecular flexibility index (Phi) is 6.75. The van der Waals surface area contributed by atoms with Crippen LogP contribution in [-0.2, 0) is 4.74 Å². The number of carbonyl (C=O) groups excluding carboxylic acids is 1. The highest BCUT2D eigenvalue weighted by molar-refractivity contribution is 5.68. The molecule has 1 aromatic rings. The van der Waals surface area contributed by atoms with Crippen LogP contribution in [0.3, 0.4) is 0 Å². The van der Waals surface area contributed by atoms with E-state index in [4.69, 9.17) is 10.5 Å². The molecule has 168 valence electrons. The van der Waals surface area contributed by atoms with E-state index in [2.05, 4.69) is 11.8 Å². The summed E-state index contributed by atoms with van der Waals surface area (Å²) in [7, 11) is 0. The standard InChI is InChI=1S/C22H34F2N4O2/c1-15(16-5-7-28(8-6-16)21(29)30-22(2,3)4)26-9-11-27(12-10-26)20-18(23)13-17(25)14-19(20)24/h13-16H,5-12,25H2,1-4H3/t15-/m0/s1. The third-order valence-electron chi connectivity index (χ3n) is 6.12. The molecule has 0 saturated carbocycles. The number of carbonyl (C=O) groups is 1. The Morgan fingerprint density at radius 2 is 1.60 bits per heavy atom. The summed E-state index contributed by atoms with van der Waals surface area (Å²) in [6.45, 7) is 11.9. The fraction of sp³-hybridized carbons (Fsp3) is 0.682. The molecule has 2 aliphatic heterocycles. The maximum Gasteiger partial charge on any atom is 0.410 e. The Morgan fingerprint density at radius 1 is 1.07 bits per heavy atom. The molecule has 0 spiro atoms. The minimum atomic E-state index is -0.608. The second kappa shape index (κ2) is 8.96. The number of benzene rings is 1. The molecule has 2 N–H and O–H groups in total. The van der Waals surface area contributed by atoms with Gasteiger partial charge in [0, 0.05) is 51.0 Å². The first-order chi connectivity index (χ1) is 14.0. The molecule has 2 saturated heterocycles. The van der Waals surface area contributed by atoms with Crippen LogP contribution in [0.1, 0.15) is 40.5 Å². The number of nitrogens with zero attached hydrogens (tertiary/aromatic N) is 3. The van der Waals surface area contributed by atoms with Crippen molar-refractivity contribution in [1.29, 1.82) is 0 Å². The van der Waals surface area contributed by atoms with E-state index in [1.54, 1.807) is 9.80 Å². The largest absolute Gasteiger partial charge is 0.444 e. The summed E-state index contributed by atoms with van der Waals surface area (Å²) in [5.41, 5.74) is 5.15. The van der Waals surface area contributed by atoms with Gasteiger partial charge >= 0.3 is 6.09 Å². The van der Waals surface area contributed by atoms with E-state index < -0.39 is 17.2 Å². The van der Waals surface area contributed by atoms with Gasteiger partial charge in [-0.05, 0) is 58.6 Å². The van der Waals surface area contributed by atoms with E-state index in [9.17, 15) is 13.6 Å². The summed E-state index contributed by atoms with van der Waals surface area (Å²) in [5.74, 6) is -0.729. The number of nitrogen functional groups attached to an aromatic ring is 1. The van der Waals surface area contributed by atoms with Gasteiger partial charge in [-0.3, -0.25) is 4.90 Å². The number of rotatable bonds is 3. The Bertz CT molecular complexity index is 729. The van der Waals surface area contributed by atoms with Crippen molar-refractivity contribution in [1.82, 2.24) is 9.80 Å². The number of likely N-dealkylation sites (tertiary alicyclic amines) is 1. The molecule has 3 rings (SSSR count). The zero-order valence-corrected chi connectivity index (χ0v) is 18.5. The number of ether oxygens (including phenoxy) is 1. The summed E-state index contributed by atoms with van der Waals surface area (Å²) in [6.07, 6.45) is 1.62. The minimum Gasteiger partial charge on any atom is -0.444 e. The summed E-state index contributed by atoms with van der Waals surface area (Å²) in [5, 5.41) is 0. The second-order valence-corrected chi connectivity index (χ2v) is 9.40. The van der Waals surface area contributed by atoms with E-state index in [-0.39, 0.29) is 17.5 Å². The molecule has 8 heteroatoms. The highest BCUT2D eigenvalue weighted by atomic mass is 19.1. The van der Waals surface area contributed by atoms with Gasteiger partial charge in [0.1, 0.15) is 11.3 Å². The molecule has 2 fully saturated rings. The van der Waals surface area contributed by atoms with Crippen LogP contribution < -0.4 is 10.6 Å². The molecule has 2 aliphatic rings. The molecule has 0 bridgehead atoms. The van der Waals surface area contributed by atoms with Crippen LogP contribution in [0.25, 0.3) is 0 Å². The lowest BCUT2D eigenvalue weighted by Gasteiger charge is -2.43. The van der Waals surface area contributed by atoms with Crippen molar-refractivity contribution in [2.45, 2.75) is 52.2 Å². The van der Waals surface area contributed by atoms with Crippen LogP contribution in [0.2, 0.25) is 0 Å². The lowest BCUT2D eigenvalue weighted by molar-refractivity contribution is 0.0133. The number of amides is 1. The lowest BCUT2D eigenvalue weighted by atomic mass is 9.89. The molecule has 1 aromatic carbocycles. The van der Waals surface area contributed by atoms with Crippen molar-refractivity contribution in [2.24, 2.45) is 5.92 Å².